The van der Waals surface area contributed by atoms with Crippen LogP contribution >= 0.6 is 0 Å². The Balaban J connectivity index is 1.60. The summed E-state index contributed by atoms with van der Waals surface area (Å²) in [5.41, 5.74) is 1.48. The van der Waals surface area contributed by atoms with Crippen LogP contribution in [0.25, 0.3) is 0 Å². The highest BCUT2D eigenvalue weighted by Gasteiger charge is 2.28. The van der Waals surface area contributed by atoms with E-state index in [1.54, 1.807) is 12.1 Å². The van der Waals surface area contributed by atoms with E-state index in [0.29, 0.717) is 30.9 Å². The normalized spacial score (nSPS) is 24.3. The maximum atomic E-state index is 12.4. The number of nitrogens with one attached hydrogen (secondary N) is 1. The van der Waals surface area contributed by atoms with Crippen molar-refractivity contribution in [1.29, 1.82) is 0 Å². The summed E-state index contributed by atoms with van der Waals surface area (Å²) >= 11 is 0. The molecule has 0 bridgehead atoms. The molecule has 5 nitrogen and oxygen atoms in total. The van der Waals surface area contributed by atoms with Gasteiger partial charge in [-0.05, 0) is 36.5 Å². The zero-order chi connectivity index (χ0) is 17.1. The molecule has 1 aliphatic carbocycles. The van der Waals surface area contributed by atoms with Crippen LogP contribution < -0.4 is 5.32 Å². The third kappa shape index (κ3) is 3.66. The maximum Gasteiger partial charge on any atom is 0.251 e. The number of hydrogen-bond donors (Lipinski definition) is 1. The number of carbonyl (C=O) groups excluding carboxylic acids is 3. The summed E-state index contributed by atoms with van der Waals surface area (Å²) in [5, 5.41) is 3.13. The van der Waals surface area contributed by atoms with Gasteiger partial charge in [0.25, 0.3) is 5.91 Å². The van der Waals surface area contributed by atoms with Gasteiger partial charge in [0.2, 0.25) is 11.8 Å². The van der Waals surface area contributed by atoms with Gasteiger partial charge in [-0.1, -0.05) is 31.9 Å². The molecule has 0 unspecified atom stereocenters. The van der Waals surface area contributed by atoms with Crippen molar-refractivity contribution < 1.29 is 14.4 Å². The summed E-state index contributed by atoms with van der Waals surface area (Å²) in [5.74, 6) is 0.240. The SMILES string of the molecule is C[C@@H]1CCCC[C@@H]1NC(=O)c1ccc(CN2C(=O)CCC2=O)cc1. The van der Waals surface area contributed by atoms with Crippen molar-refractivity contribution in [3.05, 3.63) is 35.4 Å². The van der Waals surface area contributed by atoms with Crippen LogP contribution in [0.4, 0.5) is 0 Å². The fourth-order valence-corrected chi connectivity index (χ4v) is 3.53. The van der Waals surface area contributed by atoms with E-state index < -0.39 is 0 Å². The van der Waals surface area contributed by atoms with Gasteiger partial charge in [-0.25, -0.2) is 0 Å². The van der Waals surface area contributed by atoms with Crippen molar-refractivity contribution >= 4 is 17.7 Å². The topological polar surface area (TPSA) is 66.5 Å². The van der Waals surface area contributed by atoms with Gasteiger partial charge >= 0.3 is 0 Å². The average Bonchev–Trinajstić information content (AvgIpc) is 2.89. The van der Waals surface area contributed by atoms with E-state index in [1.807, 2.05) is 12.1 Å². The Morgan fingerprint density at radius 1 is 1.08 bits per heavy atom. The Labute approximate surface area is 142 Å². The van der Waals surface area contributed by atoms with Gasteiger partial charge in [0, 0.05) is 24.4 Å². The van der Waals surface area contributed by atoms with Crippen LogP contribution in [0.15, 0.2) is 24.3 Å². The van der Waals surface area contributed by atoms with Gasteiger partial charge in [-0.3, -0.25) is 19.3 Å². The summed E-state index contributed by atoms with van der Waals surface area (Å²) in [6.07, 6.45) is 5.24. The lowest BCUT2D eigenvalue weighted by Gasteiger charge is -2.29. The fourth-order valence-electron chi connectivity index (χ4n) is 3.53. The molecule has 1 saturated carbocycles. The van der Waals surface area contributed by atoms with Crippen molar-refractivity contribution in [3.8, 4) is 0 Å². The number of hydrogen-bond acceptors (Lipinski definition) is 3. The lowest BCUT2D eigenvalue weighted by atomic mass is 9.86. The molecule has 2 atom stereocenters. The monoisotopic (exact) mass is 328 g/mol. The molecule has 24 heavy (non-hydrogen) atoms. The van der Waals surface area contributed by atoms with Crippen LogP contribution in [0.5, 0.6) is 0 Å². The van der Waals surface area contributed by atoms with Crippen molar-refractivity contribution in [1.82, 2.24) is 10.2 Å². The van der Waals surface area contributed by atoms with Crippen LogP contribution in [0.3, 0.4) is 0 Å². The molecule has 128 valence electrons. The molecule has 3 rings (SSSR count). The second-order valence-electron chi connectivity index (χ2n) is 6.91. The first kappa shape index (κ1) is 16.7. The Morgan fingerprint density at radius 3 is 2.33 bits per heavy atom. The summed E-state index contributed by atoms with van der Waals surface area (Å²) in [4.78, 5) is 37.0. The summed E-state index contributed by atoms with van der Waals surface area (Å²) in [6.45, 7) is 2.48. The van der Waals surface area contributed by atoms with Crippen LogP contribution in [-0.2, 0) is 16.1 Å². The van der Waals surface area contributed by atoms with Gasteiger partial charge in [-0.2, -0.15) is 0 Å². The zero-order valence-electron chi connectivity index (χ0n) is 14.1. The highest BCUT2D eigenvalue weighted by Crippen LogP contribution is 2.24. The van der Waals surface area contributed by atoms with Gasteiger partial charge in [0.15, 0.2) is 0 Å². The molecule has 0 aromatic heterocycles. The summed E-state index contributed by atoms with van der Waals surface area (Å²) < 4.78 is 0. The molecule has 1 aliphatic heterocycles. The molecular formula is C19H24N2O3. The van der Waals surface area contributed by atoms with Crippen molar-refractivity contribution in [3.63, 3.8) is 0 Å². The first-order chi connectivity index (χ1) is 11.5. The highest BCUT2D eigenvalue weighted by atomic mass is 16.2. The minimum Gasteiger partial charge on any atom is -0.349 e. The zero-order valence-corrected chi connectivity index (χ0v) is 14.1. The van der Waals surface area contributed by atoms with E-state index >= 15 is 0 Å². The van der Waals surface area contributed by atoms with Gasteiger partial charge in [0.05, 0.1) is 6.54 Å². The van der Waals surface area contributed by atoms with Crippen molar-refractivity contribution in [2.24, 2.45) is 5.92 Å². The molecular weight excluding hydrogens is 304 g/mol. The van der Waals surface area contributed by atoms with Gasteiger partial charge in [0.1, 0.15) is 0 Å². The molecule has 0 radical (unpaired) electrons. The lowest BCUT2D eigenvalue weighted by Crippen LogP contribution is -2.41. The first-order valence-corrected chi connectivity index (χ1v) is 8.77. The molecule has 1 N–H and O–H groups in total. The molecule has 1 aromatic carbocycles. The van der Waals surface area contributed by atoms with Crippen LogP contribution in [0.2, 0.25) is 0 Å². The number of likely N-dealkylation sites (tertiary alicyclic amines) is 1. The lowest BCUT2D eigenvalue weighted by molar-refractivity contribution is -0.139. The number of carbonyl (C=O) groups is 3. The van der Waals surface area contributed by atoms with Crippen molar-refractivity contribution in [2.75, 3.05) is 0 Å². The molecule has 1 heterocycles. The number of imide groups is 1. The molecule has 5 heteroatoms. The molecule has 2 aliphatic rings. The molecule has 0 spiro atoms. The van der Waals surface area contributed by atoms with E-state index in [4.69, 9.17) is 0 Å². The third-order valence-electron chi connectivity index (χ3n) is 5.14. The maximum absolute atomic E-state index is 12.4. The number of nitrogens with zero attached hydrogens (tertiary/aromatic N) is 1. The molecule has 2 fully saturated rings. The Morgan fingerprint density at radius 2 is 1.71 bits per heavy atom. The van der Waals surface area contributed by atoms with Crippen molar-refractivity contribution in [2.45, 2.75) is 58.0 Å². The van der Waals surface area contributed by atoms with Crippen LogP contribution in [-0.4, -0.2) is 28.7 Å². The second-order valence-corrected chi connectivity index (χ2v) is 6.91. The predicted octanol–water partition coefficient (Wildman–Crippen LogP) is 2.64. The Kier molecular flexibility index (Phi) is 4.97. The van der Waals surface area contributed by atoms with E-state index in [9.17, 15) is 14.4 Å². The first-order valence-electron chi connectivity index (χ1n) is 8.77. The highest BCUT2D eigenvalue weighted by molar-refractivity contribution is 6.01. The quantitative estimate of drug-likeness (QED) is 0.864. The molecule has 3 amide bonds. The van der Waals surface area contributed by atoms with Crippen LogP contribution in [0, 0.1) is 5.92 Å². The van der Waals surface area contributed by atoms with E-state index in [1.165, 1.54) is 24.2 Å². The van der Waals surface area contributed by atoms with E-state index in [-0.39, 0.29) is 23.8 Å². The standard InChI is InChI=1S/C19H24N2O3/c1-13-4-2-3-5-16(13)20-19(24)15-8-6-14(7-9-15)12-21-17(22)10-11-18(21)23/h6-9,13,16H,2-5,10-12H2,1H3,(H,20,24)/t13-,16+/m1/s1. The Bertz CT molecular complexity index is 623. The van der Waals surface area contributed by atoms with Crippen LogP contribution in [0.1, 0.15) is 61.4 Å². The smallest absolute Gasteiger partial charge is 0.251 e. The number of amides is 3. The fraction of sp³-hybridized carbons (Fsp3) is 0.526. The predicted molar refractivity (Wildman–Crippen MR) is 90.1 cm³/mol. The minimum absolute atomic E-state index is 0.0476. The Hall–Kier alpha value is -2.17. The number of rotatable bonds is 4. The van der Waals surface area contributed by atoms with Gasteiger partial charge < -0.3 is 5.32 Å². The molecule has 1 aromatic rings. The summed E-state index contributed by atoms with van der Waals surface area (Å²) in [7, 11) is 0. The third-order valence-corrected chi connectivity index (χ3v) is 5.14. The second kappa shape index (κ2) is 7.16. The largest absolute Gasteiger partial charge is 0.349 e. The van der Waals surface area contributed by atoms with E-state index in [2.05, 4.69) is 12.2 Å². The van der Waals surface area contributed by atoms with Gasteiger partial charge in [-0.15, -0.1) is 0 Å². The van der Waals surface area contributed by atoms with E-state index in [0.717, 1.165) is 12.0 Å². The molecule has 1 saturated heterocycles. The number of benzene rings is 1. The average molecular weight is 328 g/mol. The minimum atomic E-state index is -0.117. The summed E-state index contributed by atoms with van der Waals surface area (Å²) in [6, 6.07) is 7.42.